The van der Waals surface area contributed by atoms with Crippen LogP contribution in [0, 0.1) is 16.7 Å². The number of carbonyl (C=O) groups excluding carboxylic acids is 1. The van der Waals surface area contributed by atoms with Crippen LogP contribution in [0.2, 0.25) is 0 Å². The number of nitrogens with one attached hydrogen (secondary N) is 1. The van der Waals surface area contributed by atoms with Crippen molar-refractivity contribution in [2.75, 3.05) is 26.3 Å². The first kappa shape index (κ1) is 19.7. The number of hydrogen-bond acceptors (Lipinski definition) is 3. The summed E-state index contributed by atoms with van der Waals surface area (Å²) in [6, 6.07) is 0. The standard InChI is InChI=1S/C17H32N2O2.ClH/c1-14(2)11-16(5-3-4-6-16)13-19-15(20)17(12-18)7-9-21-10-8-17;/h14H,3-13,18H2,1-2H3,(H,19,20);1H. The number of carbonyl (C=O) groups is 1. The summed E-state index contributed by atoms with van der Waals surface area (Å²) in [5.41, 5.74) is 5.85. The van der Waals surface area contributed by atoms with Crippen LogP contribution in [0.15, 0.2) is 0 Å². The molecule has 0 bridgehead atoms. The molecule has 1 aliphatic heterocycles. The van der Waals surface area contributed by atoms with E-state index in [4.69, 9.17) is 10.5 Å². The van der Waals surface area contributed by atoms with Gasteiger partial charge in [-0.25, -0.2) is 0 Å². The van der Waals surface area contributed by atoms with Crippen LogP contribution < -0.4 is 11.1 Å². The van der Waals surface area contributed by atoms with Crippen molar-refractivity contribution in [2.45, 2.75) is 58.8 Å². The topological polar surface area (TPSA) is 64.4 Å². The second-order valence-corrected chi connectivity index (χ2v) is 7.58. The average molecular weight is 333 g/mol. The van der Waals surface area contributed by atoms with Gasteiger partial charge in [-0.2, -0.15) is 0 Å². The molecule has 2 rings (SSSR count). The minimum atomic E-state index is -0.393. The van der Waals surface area contributed by atoms with E-state index in [-0.39, 0.29) is 18.3 Å². The van der Waals surface area contributed by atoms with Gasteiger partial charge < -0.3 is 15.8 Å². The molecule has 1 saturated carbocycles. The van der Waals surface area contributed by atoms with Gasteiger partial charge in [-0.1, -0.05) is 26.7 Å². The van der Waals surface area contributed by atoms with E-state index >= 15 is 0 Å². The van der Waals surface area contributed by atoms with Gasteiger partial charge in [0.25, 0.3) is 0 Å². The molecule has 3 N–H and O–H groups in total. The van der Waals surface area contributed by atoms with E-state index in [1.165, 1.54) is 32.1 Å². The SMILES string of the molecule is CC(C)CC1(CNC(=O)C2(CN)CCOCC2)CCCC1.Cl. The normalized spacial score (nSPS) is 23.1. The second-order valence-electron chi connectivity index (χ2n) is 7.58. The molecule has 0 unspecified atom stereocenters. The Morgan fingerprint density at radius 3 is 2.27 bits per heavy atom. The predicted octanol–water partition coefficient (Wildman–Crippen LogP) is 2.89. The highest BCUT2D eigenvalue weighted by molar-refractivity contribution is 5.85. The summed E-state index contributed by atoms with van der Waals surface area (Å²) in [4.78, 5) is 12.7. The first-order valence-electron chi connectivity index (χ1n) is 8.58. The Balaban J connectivity index is 0.00000242. The maximum atomic E-state index is 12.7. The van der Waals surface area contributed by atoms with Crippen molar-refractivity contribution < 1.29 is 9.53 Å². The molecule has 0 aromatic carbocycles. The second kappa shape index (κ2) is 8.51. The zero-order valence-electron chi connectivity index (χ0n) is 14.2. The highest BCUT2D eigenvalue weighted by atomic mass is 35.5. The summed E-state index contributed by atoms with van der Waals surface area (Å²) in [6.45, 7) is 7.12. The van der Waals surface area contributed by atoms with E-state index in [9.17, 15) is 4.79 Å². The van der Waals surface area contributed by atoms with E-state index in [0.29, 0.717) is 31.1 Å². The minimum Gasteiger partial charge on any atom is -0.381 e. The fraction of sp³-hybridized carbons (Fsp3) is 0.941. The van der Waals surface area contributed by atoms with Gasteiger partial charge in [-0.05, 0) is 43.4 Å². The number of amides is 1. The fourth-order valence-corrected chi connectivity index (χ4v) is 4.19. The molecular weight excluding hydrogens is 300 g/mol. The Bertz CT molecular complexity index is 349. The minimum absolute atomic E-state index is 0. The molecule has 5 heteroatoms. The molecule has 0 aromatic heterocycles. The highest BCUT2D eigenvalue weighted by Crippen LogP contribution is 2.43. The van der Waals surface area contributed by atoms with Crippen molar-refractivity contribution in [3.8, 4) is 0 Å². The zero-order valence-corrected chi connectivity index (χ0v) is 15.0. The monoisotopic (exact) mass is 332 g/mol. The van der Waals surface area contributed by atoms with Gasteiger partial charge in [0.1, 0.15) is 0 Å². The molecular formula is C17H33ClN2O2. The number of ether oxygens (including phenoxy) is 1. The third-order valence-corrected chi connectivity index (χ3v) is 5.45. The Kier molecular flexibility index (Phi) is 7.63. The van der Waals surface area contributed by atoms with Gasteiger partial charge in [0.15, 0.2) is 0 Å². The summed E-state index contributed by atoms with van der Waals surface area (Å²) < 4.78 is 5.39. The van der Waals surface area contributed by atoms with Gasteiger partial charge in [-0.15, -0.1) is 12.4 Å². The predicted molar refractivity (Wildman–Crippen MR) is 92.2 cm³/mol. The van der Waals surface area contributed by atoms with Crippen molar-refractivity contribution in [1.29, 1.82) is 0 Å². The molecule has 0 atom stereocenters. The molecule has 4 nitrogen and oxygen atoms in total. The lowest BCUT2D eigenvalue weighted by Crippen LogP contribution is -2.51. The lowest BCUT2D eigenvalue weighted by atomic mass is 9.76. The Labute approximate surface area is 141 Å². The van der Waals surface area contributed by atoms with Crippen molar-refractivity contribution in [1.82, 2.24) is 5.32 Å². The van der Waals surface area contributed by atoms with Gasteiger partial charge in [0.05, 0.1) is 5.41 Å². The van der Waals surface area contributed by atoms with E-state index < -0.39 is 5.41 Å². The average Bonchev–Trinajstić information content (AvgIpc) is 2.93. The molecule has 2 fully saturated rings. The molecule has 1 heterocycles. The van der Waals surface area contributed by atoms with E-state index in [1.54, 1.807) is 0 Å². The van der Waals surface area contributed by atoms with Crippen LogP contribution in [0.3, 0.4) is 0 Å². The van der Waals surface area contributed by atoms with Crippen LogP contribution in [0.5, 0.6) is 0 Å². The van der Waals surface area contributed by atoms with Crippen LogP contribution in [0.25, 0.3) is 0 Å². The Morgan fingerprint density at radius 1 is 1.18 bits per heavy atom. The Hall–Kier alpha value is -0.320. The zero-order chi connectivity index (χ0) is 15.3. The smallest absolute Gasteiger partial charge is 0.227 e. The number of rotatable bonds is 6. The van der Waals surface area contributed by atoms with Crippen molar-refractivity contribution in [3.63, 3.8) is 0 Å². The van der Waals surface area contributed by atoms with Gasteiger partial charge in [0, 0.05) is 26.3 Å². The summed E-state index contributed by atoms with van der Waals surface area (Å²) in [7, 11) is 0. The van der Waals surface area contributed by atoms with E-state index in [2.05, 4.69) is 19.2 Å². The molecule has 1 aliphatic carbocycles. The highest BCUT2D eigenvalue weighted by Gasteiger charge is 2.41. The molecule has 0 spiro atoms. The van der Waals surface area contributed by atoms with Crippen LogP contribution in [-0.2, 0) is 9.53 Å². The van der Waals surface area contributed by atoms with Gasteiger partial charge in [0.2, 0.25) is 5.91 Å². The van der Waals surface area contributed by atoms with Crippen LogP contribution >= 0.6 is 12.4 Å². The number of nitrogens with two attached hydrogens (primary N) is 1. The maximum Gasteiger partial charge on any atom is 0.227 e. The number of halogens is 1. The molecule has 130 valence electrons. The molecule has 0 aromatic rings. The van der Waals surface area contributed by atoms with Gasteiger partial charge in [-0.3, -0.25) is 4.79 Å². The van der Waals surface area contributed by atoms with Crippen molar-refractivity contribution in [2.24, 2.45) is 22.5 Å². The summed E-state index contributed by atoms with van der Waals surface area (Å²) in [5.74, 6) is 0.842. The fourth-order valence-electron chi connectivity index (χ4n) is 4.19. The summed E-state index contributed by atoms with van der Waals surface area (Å²) in [5, 5.41) is 3.26. The molecule has 2 aliphatic rings. The van der Waals surface area contributed by atoms with Crippen molar-refractivity contribution in [3.05, 3.63) is 0 Å². The summed E-state index contributed by atoms with van der Waals surface area (Å²) in [6.07, 6.45) is 7.84. The maximum absolute atomic E-state index is 12.7. The van der Waals surface area contributed by atoms with Crippen molar-refractivity contribution >= 4 is 18.3 Å². The lowest BCUT2D eigenvalue weighted by Gasteiger charge is -2.37. The first-order valence-corrected chi connectivity index (χ1v) is 8.58. The molecule has 1 amide bonds. The molecule has 0 radical (unpaired) electrons. The largest absolute Gasteiger partial charge is 0.381 e. The van der Waals surface area contributed by atoms with Gasteiger partial charge >= 0.3 is 0 Å². The van der Waals surface area contributed by atoms with Crippen LogP contribution in [0.4, 0.5) is 0 Å². The molecule has 22 heavy (non-hydrogen) atoms. The quantitative estimate of drug-likeness (QED) is 0.786. The first-order chi connectivity index (χ1) is 10.0. The van der Waals surface area contributed by atoms with Crippen LogP contribution in [-0.4, -0.2) is 32.2 Å². The Morgan fingerprint density at radius 2 is 1.77 bits per heavy atom. The third kappa shape index (κ3) is 4.59. The molecule has 1 saturated heterocycles. The number of hydrogen-bond donors (Lipinski definition) is 2. The van der Waals surface area contributed by atoms with Crippen LogP contribution in [0.1, 0.15) is 58.8 Å². The summed E-state index contributed by atoms with van der Waals surface area (Å²) >= 11 is 0. The third-order valence-electron chi connectivity index (χ3n) is 5.45. The van der Waals surface area contributed by atoms with E-state index in [0.717, 1.165) is 19.4 Å². The van der Waals surface area contributed by atoms with E-state index in [1.807, 2.05) is 0 Å². The lowest BCUT2D eigenvalue weighted by molar-refractivity contribution is -0.136.